The van der Waals surface area contributed by atoms with E-state index in [1.807, 2.05) is 0 Å². The van der Waals surface area contributed by atoms with Gasteiger partial charge in [0.25, 0.3) is 0 Å². The third kappa shape index (κ3) is 3.01. The topological polar surface area (TPSA) is 37.3 Å². The number of hydrogen-bond donors (Lipinski definition) is 1. The van der Waals surface area contributed by atoms with Crippen molar-refractivity contribution >= 4 is 5.97 Å². The first-order valence-electron chi connectivity index (χ1n) is 5.60. The molecule has 0 heterocycles. The largest absolute Gasteiger partial charge is 0.478 e. The lowest BCUT2D eigenvalue weighted by Gasteiger charge is -2.10. The van der Waals surface area contributed by atoms with Crippen molar-refractivity contribution in [3.05, 3.63) is 59.2 Å². The van der Waals surface area contributed by atoms with E-state index in [2.05, 4.69) is 0 Å². The standard InChI is InChI=1S/C14H7F5O2/c15-11-6-8(13(20)21)1-3-9(11)7-2-4-10(12(16)5-7)14(17,18)19/h1-6H,(H,20,21). The molecule has 0 aromatic heterocycles. The number of alkyl halides is 3. The second-order valence-corrected chi connectivity index (χ2v) is 4.19. The average molecular weight is 302 g/mol. The molecule has 0 amide bonds. The van der Waals surface area contributed by atoms with Crippen molar-refractivity contribution in [2.75, 3.05) is 0 Å². The summed E-state index contributed by atoms with van der Waals surface area (Å²) in [5.74, 6) is -3.84. The molecule has 0 radical (unpaired) electrons. The van der Waals surface area contributed by atoms with Gasteiger partial charge in [0.1, 0.15) is 11.6 Å². The molecule has 0 atom stereocenters. The van der Waals surface area contributed by atoms with Gasteiger partial charge in [-0.25, -0.2) is 13.6 Å². The quantitative estimate of drug-likeness (QED) is 0.837. The molecule has 0 spiro atoms. The molecule has 2 rings (SSSR count). The molecular formula is C14H7F5O2. The predicted octanol–water partition coefficient (Wildman–Crippen LogP) is 4.35. The number of carboxylic acid groups (broad SMARTS) is 1. The van der Waals surface area contributed by atoms with Gasteiger partial charge in [-0.2, -0.15) is 13.2 Å². The summed E-state index contributed by atoms with van der Waals surface area (Å²) in [6.45, 7) is 0. The molecule has 0 aliphatic heterocycles. The summed E-state index contributed by atoms with van der Waals surface area (Å²) < 4.78 is 64.5. The fourth-order valence-electron chi connectivity index (χ4n) is 1.79. The van der Waals surface area contributed by atoms with Crippen LogP contribution in [0.2, 0.25) is 0 Å². The Hall–Kier alpha value is -2.44. The number of benzene rings is 2. The summed E-state index contributed by atoms with van der Waals surface area (Å²) in [6, 6.07) is 4.85. The van der Waals surface area contributed by atoms with E-state index in [0.29, 0.717) is 18.2 Å². The van der Waals surface area contributed by atoms with E-state index in [-0.39, 0.29) is 16.7 Å². The van der Waals surface area contributed by atoms with Crippen LogP contribution in [-0.4, -0.2) is 11.1 Å². The number of aromatic carboxylic acids is 1. The summed E-state index contributed by atoms with van der Waals surface area (Å²) in [5, 5.41) is 8.69. The fraction of sp³-hybridized carbons (Fsp3) is 0.0714. The van der Waals surface area contributed by atoms with Crippen molar-refractivity contribution in [2.45, 2.75) is 6.18 Å². The normalized spacial score (nSPS) is 11.5. The maximum atomic E-state index is 13.8. The van der Waals surface area contributed by atoms with Gasteiger partial charge in [-0.15, -0.1) is 0 Å². The molecule has 0 aliphatic rings. The Morgan fingerprint density at radius 3 is 2.10 bits per heavy atom. The second-order valence-electron chi connectivity index (χ2n) is 4.19. The van der Waals surface area contributed by atoms with Gasteiger partial charge >= 0.3 is 12.1 Å². The third-order valence-corrected chi connectivity index (χ3v) is 2.80. The van der Waals surface area contributed by atoms with E-state index in [0.717, 1.165) is 18.2 Å². The smallest absolute Gasteiger partial charge is 0.419 e. The highest BCUT2D eigenvalue weighted by molar-refractivity contribution is 5.88. The van der Waals surface area contributed by atoms with E-state index >= 15 is 0 Å². The third-order valence-electron chi connectivity index (χ3n) is 2.80. The van der Waals surface area contributed by atoms with Crippen molar-refractivity contribution in [1.29, 1.82) is 0 Å². The van der Waals surface area contributed by atoms with Crippen LogP contribution in [0.15, 0.2) is 36.4 Å². The highest BCUT2D eigenvalue weighted by atomic mass is 19.4. The first-order chi connectivity index (χ1) is 9.70. The van der Waals surface area contributed by atoms with E-state index in [9.17, 15) is 26.7 Å². The zero-order chi connectivity index (χ0) is 15.8. The molecule has 0 saturated heterocycles. The van der Waals surface area contributed by atoms with Gasteiger partial charge in [-0.1, -0.05) is 12.1 Å². The fourth-order valence-corrected chi connectivity index (χ4v) is 1.79. The Bertz CT molecular complexity index is 707. The SMILES string of the molecule is O=C(O)c1ccc(-c2ccc(C(F)(F)F)c(F)c2)c(F)c1. The Morgan fingerprint density at radius 1 is 0.952 bits per heavy atom. The minimum absolute atomic E-state index is 0.116. The summed E-state index contributed by atoms with van der Waals surface area (Å²) in [4.78, 5) is 10.7. The molecule has 0 unspecified atom stereocenters. The minimum Gasteiger partial charge on any atom is -0.478 e. The lowest BCUT2D eigenvalue weighted by atomic mass is 10.0. The summed E-state index contributed by atoms with van der Waals surface area (Å²) in [6.07, 6.45) is -4.84. The van der Waals surface area contributed by atoms with Gasteiger partial charge in [0.05, 0.1) is 11.1 Å². The Labute approximate surface area is 115 Å². The van der Waals surface area contributed by atoms with Crippen LogP contribution in [0.5, 0.6) is 0 Å². The van der Waals surface area contributed by atoms with Gasteiger partial charge in [0.15, 0.2) is 0 Å². The summed E-state index contributed by atoms with van der Waals surface area (Å²) in [5.41, 5.74) is -2.07. The van der Waals surface area contributed by atoms with Crippen LogP contribution < -0.4 is 0 Å². The number of rotatable bonds is 2. The van der Waals surface area contributed by atoms with Crippen LogP contribution in [0.4, 0.5) is 22.0 Å². The maximum absolute atomic E-state index is 13.8. The van der Waals surface area contributed by atoms with Crippen molar-refractivity contribution < 1.29 is 31.9 Å². The van der Waals surface area contributed by atoms with Crippen LogP contribution in [0.3, 0.4) is 0 Å². The van der Waals surface area contributed by atoms with Crippen LogP contribution in [0.1, 0.15) is 15.9 Å². The zero-order valence-electron chi connectivity index (χ0n) is 10.2. The van der Waals surface area contributed by atoms with Gasteiger partial charge in [0, 0.05) is 5.56 Å². The lowest BCUT2D eigenvalue weighted by Crippen LogP contribution is -2.08. The molecule has 2 nitrogen and oxygen atoms in total. The Balaban J connectivity index is 2.49. The van der Waals surface area contributed by atoms with Crippen molar-refractivity contribution in [2.24, 2.45) is 0 Å². The summed E-state index contributed by atoms with van der Waals surface area (Å²) >= 11 is 0. The molecule has 0 fully saturated rings. The van der Waals surface area contributed by atoms with Crippen molar-refractivity contribution in [1.82, 2.24) is 0 Å². The first kappa shape index (κ1) is 15.0. The molecule has 0 bridgehead atoms. The van der Waals surface area contributed by atoms with Gasteiger partial charge in [-0.05, 0) is 29.8 Å². The molecule has 7 heteroatoms. The van der Waals surface area contributed by atoms with Gasteiger partial charge < -0.3 is 5.11 Å². The van der Waals surface area contributed by atoms with Crippen LogP contribution in [0.25, 0.3) is 11.1 Å². The molecule has 2 aromatic rings. The van der Waals surface area contributed by atoms with Gasteiger partial charge in [-0.3, -0.25) is 0 Å². The molecule has 110 valence electrons. The minimum atomic E-state index is -4.84. The summed E-state index contributed by atoms with van der Waals surface area (Å²) in [7, 11) is 0. The molecule has 0 saturated carbocycles. The van der Waals surface area contributed by atoms with E-state index < -0.39 is 29.3 Å². The van der Waals surface area contributed by atoms with Crippen LogP contribution in [-0.2, 0) is 6.18 Å². The van der Waals surface area contributed by atoms with Crippen LogP contribution in [0, 0.1) is 11.6 Å². The first-order valence-corrected chi connectivity index (χ1v) is 5.60. The average Bonchev–Trinajstić information content (AvgIpc) is 2.36. The van der Waals surface area contributed by atoms with Crippen molar-refractivity contribution in [3.63, 3.8) is 0 Å². The molecule has 21 heavy (non-hydrogen) atoms. The Kier molecular flexibility index (Phi) is 3.67. The van der Waals surface area contributed by atoms with E-state index in [1.54, 1.807) is 0 Å². The lowest BCUT2D eigenvalue weighted by molar-refractivity contribution is -0.139. The highest BCUT2D eigenvalue weighted by Gasteiger charge is 2.34. The van der Waals surface area contributed by atoms with Gasteiger partial charge in [0.2, 0.25) is 0 Å². The second kappa shape index (κ2) is 5.16. The highest BCUT2D eigenvalue weighted by Crippen LogP contribution is 2.34. The number of hydrogen-bond acceptors (Lipinski definition) is 1. The number of carbonyl (C=O) groups is 1. The molecule has 1 N–H and O–H groups in total. The molecular weight excluding hydrogens is 295 g/mol. The zero-order valence-corrected chi connectivity index (χ0v) is 10.2. The molecule has 0 aliphatic carbocycles. The van der Waals surface area contributed by atoms with Crippen molar-refractivity contribution in [3.8, 4) is 11.1 Å². The van der Waals surface area contributed by atoms with E-state index in [4.69, 9.17) is 5.11 Å². The van der Waals surface area contributed by atoms with E-state index in [1.165, 1.54) is 0 Å². The van der Waals surface area contributed by atoms with Crippen LogP contribution >= 0.6 is 0 Å². The monoisotopic (exact) mass is 302 g/mol. The maximum Gasteiger partial charge on any atom is 0.419 e. The Morgan fingerprint density at radius 2 is 1.62 bits per heavy atom. The number of carboxylic acids is 1. The molecule has 2 aromatic carbocycles. The number of halogens is 5. The predicted molar refractivity (Wildman–Crippen MR) is 63.8 cm³/mol.